The average Bonchev–Trinajstić information content (AvgIpc) is 2.82. The number of hydrogen-bond acceptors (Lipinski definition) is 5. The number of alkyl halides is 2. The Balaban J connectivity index is 1.77. The van der Waals surface area contributed by atoms with Gasteiger partial charge in [0.2, 0.25) is 5.91 Å². The summed E-state index contributed by atoms with van der Waals surface area (Å²) in [6.07, 6.45) is 1.31. The average molecular weight is 500 g/mol. The third-order valence-corrected chi connectivity index (χ3v) is 6.87. The number of pyridine rings is 1. The summed E-state index contributed by atoms with van der Waals surface area (Å²) in [5, 5.41) is 3.62. The third kappa shape index (κ3) is 4.72. The Bertz CT molecular complexity index is 1380. The summed E-state index contributed by atoms with van der Waals surface area (Å²) in [5.41, 5.74) is -1.05. The number of nitrogens with zero attached hydrogens (tertiary/aromatic N) is 4. The minimum Gasteiger partial charge on any atom is -0.359 e. The van der Waals surface area contributed by atoms with Gasteiger partial charge in [-0.1, -0.05) is 24.3 Å². The monoisotopic (exact) mass is 499 g/mol. The van der Waals surface area contributed by atoms with Crippen molar-refractivity contribution in [2.24, 2.45) is 0 Å². The molecular weight excluding hydrogens is 471 g/mol. The Kier molecular flexibility index (Phi) is 6.88. The van der Waals surface area contributed by atoms with Gasteiger partial charge in [0.05, 0.1) is 22.5 Å². The number of halogens is 3. The number of likely N-dealkylation sites (tertiary alicyclic amines) is 1. The van der Waals surface area contributed by atoms with Crippen molar-refractivity contribution in [2.45, 2.75) is 51.6 Å². The van der Waals surface area contributed by atoms with E-state index in [1.165, 1.54) is 31.2 Å². The molecule has 0 spiro atoms. The Labute approximate surface area is 206 Å². The van der Waals surface area contributed by atoms with Crippen molar-refractivity contribution in [1.29, 1.82) is 0 Å². The molecule has 36 heavy (non-hydrogen) atoms. The standard InChI is InChI=1S/C26H28F3N5O2/c1-5-20(17-7-6-8-18(23(17)27)24(28)29)32-25-19-14-34(22(36)13-21(19)30-15(2)31-25)26(4)9-11-33(12-10-26)16(3)35/h5-8,13-14,20,24H,1,9-12H2,2-4H3,(H,30,31,32)/t20-/m1/s1. The first-order valence-corrected chi connectivity index (χ1v) is 11.7. The number of piperidine rings is 1. The zero-order valence-electron chi connectivity index (χ0n) is 20.4. The van der Waals surface area contributed by atoms with E-state index in [-0.39, 0.29) is 17.0 Å². The van der Waals surface area contributed by atoms with Gasteiger partial charge in [-0.3, -0.25) is 9.59 Å². The highest BCUT2D eigenvalue weighted by Crippen LogP contribution is 2.33. The van der Waals surface area contributed by atoms with Gasteiger partial charge in [-0.2, -0.15) is 0 Å². The van der Waals surface area contributed by atoms with Crippen LogP contribution in [0.3, 0.4) is 0 Å². The van der Waals surface area contributed by atoms with Crippen molar-refractivity contribution < 1.29 is 18.0 Å². The van der Waals surface area contributed by atoms with E-state index in [1.54, 1.807) is 22.6 Å². The molecule has 1 atom stereocenters. The fraction of sp³-hybridized carbons (Fsp3) is 0.385. The number of aryl methyl sites for hydroxylation is 1. The first-order valence-electron chi connectivity index (χ1n) is 11.7. The number of nitrogens with one attached hydrogen (secondary N) is 1. The number of benzene rings is 1. The first-order chi connectivity index (χ1) is 17.0. The molecule has 1 saturated heterocycles. The fourth-order valence-corrected chi connectivity index (χ4v) is 4.68. The van der Waals surface area contributed by atoms with E-state index in [0.717, 1.165) is 6.07 Å². The predicted molar refractivity (Wildman–Crippen MR) is 132 cm³/mol. The lowest BCUT2D eigenvalue weighted by molar-refractivity contribution is -0.130. The molecular formula is C26H28F3N5O2. The maximum Gasteiger partial charge on any atom is 0.266 e. The van der Waals surface area contributed by atoms with Crippen molar-refractivity contribution in [3.8, 4) is 0 Å². The van der Waals surface area contributed by atoms with Gasteiger partial charge in [-0.15, -0.1) is 6.58 Å². The second-order valence-electron chi connectivity index (χ2n) is 9.31. The van der Waals surface area contributed by atoms with Gasteiger partial charge in [0, 0.05) is 43.4 Å². The van der Waals surface area contributed by atoms with Gasteiger partial charge in [-0.05, 0) is 26.7 Å². The Morgan fingerprint density at radius 3 is 2.50 bits per heavy atom. The van der Waals surface area contributed by atoms with Crippen molar-refractivity contribution in [1.82, 2.24) is 19.4 Å². The number of hydrogen-bond donors (Lipinski definition) is 1. The second-order valence-corrected chi connectivity index (χ2v) is 9.31. The molecule has 1 aromatic carbocycles. The summed E-state index contributed by atoms with van der Waals surface area (Å²) in [7, 11) is 0. The van der Waals surface area contributed by atoms with Gasteiger partial charge in [-0.25, -0.2) is 23.1 Å². The van der Waals surface area contributed by atoms with Crippen LogP contribution in [-0.4, -0.2) is 38.4 Å². The molecule has 0 aliphatic carbocycles. The van der Waals surface area contributed by atoms with Crippen LogP contribution < -0.4 is 10.9 Å². The predicted octanol–water partition coefficient (Wildman–Crippen LogP) is 4.87. The summed E-state index contributed by atoms with van der Waals surface area (Å²) in [5.74, 6) is -0.311. The molecule has 1 aliphatic rings. The van der Waals surface area contributed by atoms with Crippen LogP contribution in [0.15, 0.2) is 47.9 Å². The molecule has 4 rings (SSSR count). The molecule has 1 N–H and O–H groups in total. The van der Waals surface area contributed by atoms with Crippen LogP contribution in [0.2, 0.25) is 0 Å². The molecule has 0 bridgehead atoms. The molecule has 7 nitrogen and oxygen atoms in total. The minimum atomic E-state index is -2.96. The molecule has 10 heteroatoms. The van der Waals surface area contributed by atoms with Crippen LogP contribution in [0.25, 0.3) is 10.9 Å². The molecule has 0 unspecified atom stereocenters. The lowest BCUT2D eigenvalue weighted by Crippen LogP contribution is -2.48. The smallest absolute Gasteiger partial charge is 0.266 e. The van der Waals surface area contributed by atoms with E-state index < -0.39 is 29.4 Å². The third-order valence-electron chi connectivity index (χ3n) is 6.87. The lowest BCUT2D eigenvalue weighted by atomic mass is 9.89. The first kappa shape index (κ1) is 25.4. The van der Waals surface area contributed by atoms with Crippen LogP contribution in [0.1, 0.15) is 56.1 Å². The summed E-state index contributed by atoms with van der Waals surface area (Å²) in [6.45, 7) is 9.96. The van der Waals surface area contributed by atoms with Crippen LogP contribution in [0.5, 0.6) is 0 Å². The van der Waals surface area contributed by atoms with Crippen LogP contribution >= 0.6 is 0 Å². The zero-order valence-corrected chi connectivity index (χ0v) is 20.4. The summed E-state index contributed by atoms with van der Waals surface area (Å²) in [4.78, 5) is 35.4. The molecule has 3 aromatic rings. The summed E-state index contributed by atoms with van der Waals surface area (Å²) >= 11 is 0. The highest BCUT2D eigenvalue weighted by atomic mass is 19.3. The Morgan fingerprint density at radius 1 is 1.22 bits per heavy atom. The van der Waals surface area contributed by atoms with Gasteiger partial charge in [0.1, 0.15) is 17.5 Å². The quantitative estimate of drug-likeness (QED) is 0.490. The lowest BCUT2D eigenvalue weighted by Gasteiger charge is -2.40. The minimum absolute atomic E-state index is 0.00289. The van der Waals surface area contributed by atoms with E-state index in [9.17, 15) is 22.8 Å². The van der Waals surface area contributed by atoms with E-state index in [4.69, 9.17) is 0 Å². The van der Waals surface area contributed by atoms with Gasteiger partial charge < -0.3 is 14.8 Å². The molecule has 0 radical (unpaired) electrons. The normalized spacial score (nSPS) is 16.2. The van der Waals surface area contributed by atoms with Crippen LogP contribution in [0.4, 0.5) is 19.0 Å². The molecule has 0 saturated carbocycles. The van der Waals surface area contributed by atoms with E-state index in [1.807, 2.05) is 6.92 Å². The maximum atomic E-state index is 14.9. The highest BCUT2D eigenvalue weighted by molar-refractivity contribution is 5.88. The molecule has 1 aliphatic heterocycles. The molecule has 3 heterocycles. The fourth-order valence-electron chi connectivity index (χ4n) is 4.68. The van der Waals surface area contributed by atoms with Crippen LogP contribution in [-0.2, 0) is 10.3 Å². The van der Waals surface area contributed by atoms with E-state index in [2.05, 4.69) is 21.9 Å². The van der Waals surface area contributed by atoms with E-state index >= 15 is 0 Å². The summed E-state index contributed by atoms with van der Waals surface area (Å²) in [6, 6.07) is 4.39. The zero-order chi connectivity index (χ0) is 26.2. The SMILES string of the molecule is C=C[C@@H](Nc1nc(C)nc2cc(=O)n(C3(C)CCN(C(C)=O)CC3)cc12)c1cccc(C(F)F)c1F. The molecule has 2 aromatic heterocycles. The molecule has 1 fully saturated rings. The van der Waals surface area contributed by atoms with Crippen molar-refractivity contribution in [3.05, 3.63) is 76.2 Å². The molecule has 190 valence electrons. The Morgan fingerprint density at radius 2 is 1.89 bits per heavy atom. The number of carbonyl (C=O) groups excluding carboxylic acids is 1. The number of anilines is 1. The number of rotatable bonds is 6. The van der Waals surface area contributed by atoms with Crippen molar-refractivity contribution >= 4 is 22.6 Å². The highest BCUT2D eigenvalue weighted by Gasteiger charge is 2.33. The van der Waals surface area contributed by atoms with Gasteiger partial charge in [0.15, 0.2) is 0 Å². The number of carbonyl (C=O) groups is 1. The number of aromatic nitrogens is 3. The van der Waals surface area contributed by atoms with Crippen molar-refractivity contribution in [3.63, 3.8) is 0 Å². The maximum absolute atomic E-state index is 14.9. The number of amides is 1. The Hall–Kier alpha value is -3.69. The summed E-state index contributed by atoms with van der Waals surface area (Å²) < 4.78 is 43.0. The largest absolute Gasteiger partial charge is 0.359 e. The van der Waals surface area contributed by atoms with Gasteiger partial charge >= 0.3 is 0 Å². The number of fused-ring (bicyclic) bond motifs is 1. The second kappa shape index (κ2) is 9.75. The van der Waals surface area contributed by atoms with Gasteiger partial charge in [0.25, 0.3) is 12.0 Å². The van der Waals surface area contributed by atoms with Crippen molar-refractivity contribution in [2.75, 3.05) is 18.4 Å². The van der Waals surface area contributed by atoms with E-state index in [0.29, 0.717) is 48.5 Å². The van der Waals surface area contributed by atoms with Crippen LogP contribution in [0, 0.1) is 12.7 Å². The topological polar surface area (TPSA) is 80.1 Å². The molecule has 1 amide bonds.